The van der Waals surface area contributed by atoms with E-state index in [0.717, 1.165) is 0 Å². The van der Waals surface area contributed by atoms with Crippen LogP contribution in [-0.4, -0.2) is 29.5 Å². The van der Waals surface area contributed by atoms with Crippen LogP contribution in [0.1, 0.15) is 12.5 Å². The lowest BCUT2D eigenvalue weighted by molar-refractivity contribution is -0.118. The lowest BCUT2D eigenvalue weighted by Gasteiger charge is -1.95. The fraction of sp³-hybridized carbons (Fsp3) is 0.300. The fourth-order valence-electron chi connectivity index (χ4n) is 0.801. The molecule has 5 nitrogen and oxygen atoms in total. The average molecular weight is 205 g/mol. The number of amides is 1. The van der Waals surface area contributed by atoms with Gasteiger partial charge in [0, 0.05) is 19.3 Å². The zero-order valence-corrected chi connectivity index (χ0v) is 8.57. The summed E-state index contributed by atoms with van der Waals surface area (Å²) in [7, 11) is 1.50. The van der Waals surface area contributed by atoms with Gasteiger partial charge in [-0.15, -0.1) is 0 Å². The molecule has 0 bridgehead atoms. The van der Waals surface area contributed by atoms with E-state index in [1.54, 1.807) is 12.4 Å². The van der Waals surface area contributed by atoms with Gasteiger partial charge in [0.2, 0.25) is 5.91 Å². The number of aromatic nitrogens is 2. The molecule has 1 rings (SSSR count). The highest BCUT2D eigenvalue weighted by Crippen LogP contribution is 1.99. The van der Waals surface area contributed by atoms with E-state index < -0.39 is 0 Å². The molecule has 78 valence electrons. The van der Waals surface area contributed by atoms with Crippen LogP contribution in [0.4, 0.5) is 0 Å². The third-order valence-electron chi connectivity index (χ3n) is 1.47. The summed E-state index contributed by atoms with van der Waals surface area (Å²) in [5, 5.41) is 2.56. The second kappa shape index (κ2) is 5.60. The Morgan fingerprint density at radius 2 is 2.20 bits per heavy atom. The number of hydrogen-bond acceptors (Lipinski definition) is 4. The second-order valence-corrected chi connectivity index (χ2v) is 2.67. The van der Waals surface area contributed by atoms with Crippen molar-refractivity contribution in [1.82, 2.24) is 15.3 Å². The van der Waals surface area contributed by atoms with Crippen LogP contribution in [-0.2, 0) is 4.79 Å². The Kier molecular flexibility index (Phi) is 4.10. The van der Waals surface area contributed by atoms with Crippen molar-refractivity contribution >= 4 is 5.91 Å². The van der Waals surface area contributed by atoms with Crippen LogP contribution in [0.25, 0.3) is 0 Å². The average Bonchev–Trinajstić information content (AvgIpc) is 2.25. The highest BCUT2D eigenvalue weighted by atomic mass is 16.5. The molecule has 0 atom stereocenters. The molecular weight excluding hydrogens is 194 g/mol. The minimum absolute atomic E-state index is 0.102. The number of ether oxygens (including phenoxy) is 1. The van der Waals surface area contributed by atoms with E-state index in [2.05, 4.69) is 27.1 Å². The largest absolute Gasteiger partial charge is 0.467 e. The first-order valence-corrected chi connectivity index (χ1v) is 4.31. The Morgan fingerprint density at radius 3 is 2.73 bits per heavy atom. The maximum absolute atomic E-state index is 10.5. The molecule has 1 aromatic heterocycles. The van der Waals surface area contributed by atoms with Crippen molar-refractivity contribution < 1.29 is 9.53 Å². The number of methoxy groups -OCH3 is 1. The van der Waals surface area contributed by atoms with Gasteiger partial charge in [0.15, 0.2) is 0 Å². The van der Waals surface area contributed by atoms with Gasteiger partial charge in [-0.3, -0.25) is 4.79 Å². The highest BCUT2D eigenvalue weighted by molar-refractivity contribution is 5.73. The summed E-state index contributed by atoms with van der Waals surface area (Å²) in [6.45, 7) is 1.76. The topological polar surface area (TPSA) is 64.1 Å². The van der Waals surface area contributed by atoms with Crippen LogP contribution < -0.4 is 10.1 Å². The number of nitrogens with zero attached hydrogens (tertiary/aromatic N) is 2. The van der Waals surface area contributed by atoms with Gasteiger partial charge in [-0.25, -0.2) is 9.97 Å². The summed E-state index contributed by atoms with van der Waals surface area (Å²) in [6, 6.07) is 0.308. The van der Waals surface area contributed by atoms with E-state index in [-0.39, 0.29) is 5.91 Å². The van der Waals surface area contributed by atoms with E-state index >= 15 is 0 Å². The van der Waals surface area contributed by atoms with Crippen molar-refractivity contribution in [2.45, 2.75) is 6.92 Å². The summed E-state index contributed by atoms with van der Waals surface area (Å²) in [5.41, 5.74) is 0.682. The first-order chi connectivity index (χ1) is 7.22. The molecule has 1 N–H and O–H groups in total. The number of hydrogen-bond donors (Lipinski definition) is 1. The Morgan fingerprint density at radius 1 is 1.53 bits per heavy atom. The maximum atomic E-state index is 10.5. The van der Waals surface area contributed by atoms with Gasteiger partial charge >= 0.3 is 6.01 Å². The number of carbonyl (C=O) groups is 1. The van der Waals surface area contributed by atoms with Crippen molar-refractivity contribution in [2.24, 2.45) is 0 Å². The Balaban J connectivity index is 2.52. The van der Waals surface area contributed by atoms with Crippen LogP contribution in [0.5, 0.6) is 6.01 Å². The van der Waals surface area contributed by atoms with Gasteiger partial charge in [0.1, 0.15) is 0 Å². The smallest absolute Gasteiger partial charge is 0.316 e. The predicted octanol–water partition coefficient (Wildman–Crippen LogP) is -0.0272. The zero-order chi connectivity index (χ0) is 11.1. The van der Waals surface area contributed by atoms with E-state index in [1.165, 1.54) is 14.0 Å². The molecule has 0 aliphatic heterocycles. The number of rotatable bonds is 2. The van der Waals surface area contributed by atoms with E-state index in [1.807, 2.05) is 0 Å². The molecule has 0 aliphatic rings. The molecule has 0 spiro atoms. The van der Waals surface area contributed by atoms with Crippen molar-refractivity contribution in [2.75, 3.05) is 13.7 Å². The molecule has 0 radical (unpaired) electrons. The Labute approximate surface area is 87.9 Å². The number of carbonyl (C=O) groups excluding carboxylic acids is 1. The number of nitrogens with one attached hydrogen (secondary N) is 1. The summed E-state index contributed by atoms with van der Waals surface area (Å²) in [4.78, 5) is 18.3. The molecule has 0 aromatic carbocycles. The predicted molar refractivity (Wildman–Crippen MR) is 54.1 cm³/mol. The molecule has 0 saturated heterocycles. The van der Waals surface area contributed by atoms with Crippen molar-refractivity contribution in [3.8, 4) is 17.9 Å². The first kappa shape index (κ1) is 11.0. The zero-order valence-electron chi connectivity index (χ0n) is 8.57. The molecule has 1 amide bonds. The minimum atomic E-state index is -0.102. The molecule has 1 heterocycles. The summed E-state index contributed by atoms with van der Waals surface area (Å²) in [5.74, 6) is 5.47. The van der Waals surface area contributed by atoms with Gasteiger partial charge < -0.3 is 10.1 Å². The molecule has 1 aromatic rings. The third-order valence-corrected chi connectivity index (χ3v) is 1.47. The second-order valence-electron chi connectivity index (χ2n) is 2.67. The van der Waals surface area contributed by atoms with Gasteiger partial charge in [0.25, 0.3) is 0 Å². The molecule has 0 aliphatic carbocycles. The molecule has 15 heavy (non-hydrogen) atoms. The van der Waals surface area contributed by atoms with E-state index in [9.17, 15) is 4.79 Å². The normalized spacial score (nSPS) is 8.67. The lowest BCUT2D eigenvalue weighted by Crippen LogP contribution is -2.19. The molecule has 5 heteroatoms. The standard InChI is InChI=1S/C10H11N3O2/c1-8(14)11-5-3-4-9-6-12-10(15-2)13-7-9/h6-7H,5H2,1-2H3,(H,11,14). The SMILES string of the molecule is COc1ncc(C#CCNC(C)=O)cn1. The highest BCUT2D eigenvalue weighted by Gasteiger charge is 1.92. The summed E-state index contributed by atoms with van der Waals surface area (Å²) in [6.07, 6.45) is 3.12. The van der Waals surface area contributed by atoms with Crippen LogP contribution >= 0.6 is 0 Å². The molecular formula is C10H11N3O2. The van der Waals surface area contributed by atoms with Crippen LogP contribution in [0.3, 0.4) is 0 Å². The lowest BCUT2D eigenvalue weighted by atomic mass is 10.3. The molecule has 0 fully saturated rings. The van der Waals surface area contributed by atoms with E-state index in [0.29, 0.717) is 18.1 Å². The van der Waals surface area contributed by atoms with Crippen molar-refractivity contribution in [1.29, 1.82) is 0 Å². The molecule has 0 saturated carbocycles. The van der Waals surface area contributed by atoms with Crippen LogP contribution in [0, 0.1) is 11.8 Å². The van der Waals surface area contributed by atoms with Crippen LogP contribution in [0.2, 0.25) is 0 Å². The quantitative estimate of drug-likeness (QED) is 0.689. The summed E-state index contributed by atoms with van der Waals surface area (Å²) < 4.78 is 4.80. The molecule has 0 unspecified atom stereocenters. The Hall–Kier alpha value is -2.09. The van der Waals surface area contributed by atoms with Gasteiger partial charge in [0.05, 0.1) is 19.2 Å². The van der Waals surface area contributed by atoms with Crippen LogP contribution in [0.15, 0.2) is 12.4 Å². The monoisotopic (exact) mass is 205 g/mol. The minimum Gasteiger partial charge on any atom is -0.467 e. The fourth-order valence-corrected chi connectivity index (χ4v) is 0.801. The summed E-state index contributed by atoms with van der Waals surface area (Å²) >= 11 is 0. The van der Waals surface area contributed by atoms with Crippen molar-refractivity contribution in [3.05, 3.63) is 18.0 Å². The van der Waals surface area contributed by atoms with Crippen molar-refractivity contribution in [3.63, 3.8) is 0 Å². The first-order valence-electron chi connectivity index (χ1n) is 4.31. The Bertz CT molecular complexity index is 389. The van der Waals surface area contributed by atoms with E-state index in [4.69, 9.17) is 4.74 Å². The third kappa shape index (κ3) is 4.09. The van der Waals surface area contributed by atoms with Gasteiger partial charge in [-0.2, -0.15) is 0 Å². The van der Waals surface area contributed by atoms with Gasteiger partial charge in [-0.05, 0) is 0 Å². The van der Waals surface area contributed by atoms with Gasteiger partial charge in [-0.1, -0.05) is 11.8 Å². The maximum Gasteiger partial charge on any atom is 0.316 e.